The first-order valence-electron chi connectivity index (χ1n) is 7.56. The number of pyridine rings is 1. The number of carbonyl (C=O) groups is 1. The van der Waals surface area contributed by atoms with Gasteiger partial charge >= 0.3 is 0 Å². The van der Waals surface area contributed by atoms with E-state index in [1.165, 1.54) is 10.6 Å². The van der Waals surface area contributed by atoms with Crippen molar-refractivity contribution in [1.29, 1.82) is 0 Å². The van der Waals surface area contributed by atoms with Gasteiger partial charge in [0.1, 0.15) is 0 Å². The van der Waals surface area contributed by atoms with Gasteiger partial charge in [0.15, 0.2) is 5.82 Å². The summed E-state index contributed by atoms with van der Waals surface area (Å²) in [5.74, 6) is 1.02. The molecule has 0 spiro atoms. The van der Waals surface area contributed by atoms with E-state index in [0.717, 1.165) is 17.0 Å². The van der Waals surface area contributed by atoms with Gasteiger partial charge in [0.05, 0.1) is 0 Å². The molecule has 1 aliphatic rings. The van der Waals surface area contributed by atoms with Gasteiger partial charge in [0.2, 0.25) is 11.8 Å². The highest BCUT2D eigenvalue weighted by Gasteiger charge is 2.18. The van der Waals surface area contributed by atoms with E-state index < -0.39 is 0 Å². The quantitative estimate of drug-likeness (QED) is 0.865. The summed E-state index contributed by atoms with van der Waals surface area (Å²) in [5.41, 5.74) is 5.01. The number of anilines is 1. The van der Waals surface area contributed by atoms with Crippen molar-refractivity contribution in [1.82, 2.24) is 9.99 Å². The summed E-state index contributed by atoms with van der Waals surface area (Å²) in [5, 5.41) is 6.05. The molecule has 0 atom stereocenters. The van der Waals surface area contributed by atoms with Crippen molar-refractivity contribution < 1.29 is 9.63 Å². The maximum atomic E-state index is 11.3. The maximum Gasteiger partial charge on any atom is 0.243 e. The fraction of sp³-hybridized carbons (Fsp3) is 0.235. The van der Waals surface area contributed by atoms with Crippen LogP contribution in [0, 0.1) is 0 Å². The zero-order chi connectivity index (χ0) is 16.9. The van der Waals surface area contributed by atoms with Gasteiger partial charge in [-0.15, -0.1) is 5.10 Å². The minimum Gasteiger partial charge on any atom is -0.363 e. The number of rotatable bonds is 4. The van der Waals surface area contributed by atoms with E-state index in [1.54, 1.807) is 13.2 Å². The molecule has 0 fully saturated rings. The smallest absolute Gasteiger partial charge is 0.243 e. The lowest BCUT2D eigenvalue weighted by molar-refractivity contribution is -0.130. The van der Waals surface area contributed by atoms with Crippen molar-refractivity contribution >= 4 is 29.2 Å². The second kappa shape index (κ2) is 7.31. The Morgan fingerprint density at radius 3 is 2.58 bits per heavy atom. The largest absolute Gasteiger partial charge is 0.363 e. The van der Waals surface area contributed by atoms with E-state index >= 15 is 0 Å². The van der Waals surface area contributed by atoms with Gasteiger partial charge in [-0.2, -0.15) is 0 Å². The average Bonchev–Trinajstić information content (AvgIpc) is 2.59. The molecule has 1 amide bonds. The number of nitrogens with zero attached hydrogens (tertiary/aromatic N) is 3. The lowest BCUT2D eigenvalue weighted by Crippen LogP contribution is -2.30. The fourth-order valence-corrected chi connectivity index (χ4v) is 2.38. The van der Waals surface area contributed by atoms with Gasteiger partial charge in [-0.1, -0.05) is 29.8 Å². The summed E-state index contributed by atoms with van der Waals surface area (Å²) < 4.78 is 0. The number of carbonyl (C=O) groups excluding carboxylic acids is 1. The summed E-state index contributed by atoms with van der Waals surface area (Å²) in [7, 11) is 1.61. The summed E-state index contributed by atoms with van der Waals surface area (Å²) in [4.78, 5) is 21.0. The zero-order valence-corrected chi connectivity index (χ0v) is 14.0. The molecule has 0 radical (unpaired) electrons. The van der Waals surface area contributed by atoms with Crippen molar-refractivity contribution in [3.63, 3.8) is 0 Å². The van der Waals surface area contributed by atoms with Gasteiger partial charge < -0.3 is 4.84 Å². The molecule has 1 aromatic heterocycles. The van der Waals surface area contributed by atoms with E-state index in [2.05, 4.69) is 15.6 Å². The van der Waals surface area contributed by atoms with Crippen LogP contribution < -0.4 is 5.48 Å². The van der Waals surface area contributed by atoms with Crippen LogP contribution >= 0.6 is 11.6 Å². The van der Waals surface area contributed by atoms with E-state index in [4.69, 9.17) is 16.4 Å². The number of hydrogen-bond acceptors (Lipinski definition) is 5. The van der Waals surface area contributed by atoms with Gasteiger partial charge in [-0.3, -0.25) is 4.79 Å². The SMILES string of the molecule is CN1N=C(ONc2ccc(Cc3ccc(Cl)cc3)cn2)CCC1=O. The van der Waals surface area contributed by atoms with Crippen molar-refractivity contribution in [3.8, 4) is 0 Å². The molecule has 1 N–H and O–H groups in total. The van der Waals surface area contributed by atoms with Crippen LogP contribution in [0.1, 0.15) is 24.0 Å². The second-order valence-electron chi connectivity index (χ2n) is 5.47. The second-order valence-corrected chi connectivity index (χ2v) is 5.91. The van der Waals surface area contributed by atoms with Crippen LogP contribution in [0.3, 0.4) is 0 Å². The van der Waals surface area contributed by atoms with Crippen LogP contribution in [0.15, 0.2) is 47.7 Å². The number of hydrazone groups is 1. The number of aromatic nitrogens is 1. The Balaban J connectivity index is 1.56. The van der Waals surface area contributed by atoms with Gasteiger partial charge in [-0.25, -0.2) is 15.5 Å². The normalized spacial score (nSPS) is 14.3. The summed E-state index contributed by atoms with van der Waals surface area (Å²) in [6.07, 6.45) is 3.44. The molecular formula is C17H17ClN4O2. The van der Waals surface area contributed by atoms with Gasteiger partial charge in [-0.05, 0) is 35.7 Å². The molecule has 24 heavy (non-hydrogen) atoms. The Labute approximate surface area is 145 Å². The minimum atomic E-state index is -0.0213. The maximum absolute atomic E-state index is 11.3. The third-order valence-corrected chi connectivity index (χ3v) is 3.85. The van der Waals surface area contributed by atoms with E-state index in [1.807, 2.05) is 36.4 Å². The topological polar surface area (TPSA) is 66.8 Å². The predicted octanol–water partition coefficient (Wildman–Crippen LogP) is 3.24. The third kappa shape index (κ3) is 4.23. The molecule has 0 unspecified atom stereocenters. The highest BCUT2D eigenvalue weighted by molar-refractivity contribution is 6.30. The number of nitrogens with one attached hydrogen (secondary N) is 1. The van der Waals surface area contributed by atoms with Crippen LogP contribution in [0.2, 0.25) is 5.02 Å². The molecule has 1 aromatic carbocycles. The standard InChI is InChI=1S/C17H17ClN4O2/c1-22-17(23)9-8-16(20-22)24-21-15-7-4-13(11-19-15)10-12-2-5-14(18)6-3-12/h2-7,11H,8-10H2,1H3,(H,19,21). The number of amides is 1. The first-order chi connectivity index (χ1) is 11.6. The van der Waals surface area contributed by atoms with Crippen LogP contribution in [0.5, 0.6) is 0 Å². The average molecular weight is 345 g/mol. The highest BCUT2D eigenvalue weighted by Crippen LogP contribution is 2.15. The highest BCUT2D eigenvalue weighted by atomic mass is 35.5. The monoisotopic (exact) mass is 344 g/mol. The first kappa shape index (κ1) is 16.3. The molecule has 6 nitrogen and oxygen atoms in total. The molecule has 2 aromatic rings. The molecule has 0 bridgehead atoms. The molecular weight excluding hydrogens is 328 g/mol. The van der Waals surface area contributed by atoms with Crippen molar-refractivity contribution in [2.75, 3.05) is 12.5 Å². The van der Waals surface area contributed by atoms with E-state index in [9.17, 15) is 4.79 Å². The van der Waals surface area contributed by atoms with Crippen molar-refractivity contribution in [2.24, 2.45) is 5.10 Å². The summed E-state index contributed by atoms with van der Waals surface area (Å²) >= 11 is 5.89. The number of halogens is 1. The lowest BCUT2D eigenvalue weighted by atomic mass is 10.1. The summed E-state index contributed by atoms with van der Waals surface area (Å²) in [6, 6.07) is 11.6. The number of benzene rings is 1. The Morgan fingerprint density at radius 1 is 1.17 bits per heavy atom. The van der Waals surface area contributed by atoms with Crippen molar-refractivity contribution in [3.05, 3.63) is 58.7 Å². The molecule has 0 aliphatic carbocycles. The lowest BCUT2D eigenvalue weighted by Gasteiger charge is -2.19. The Morgan fingerprint density at radius 2 is 1.92 bits per heavy atom. The van der Waals surface area contributed by atoms with Crippen LogP contribution in [-0.4, -0.2) is 28.8 Å². The van der Waals surface area contributed by atoms with E-state index in [0.29, 0.717) is 24.6 Å². The van der Waals surface area contributed by atoms with Gasteiger partial charge in [0, 0.05) is 31.1 Å². The van der Waals surface area contributed by atoms with Crippen molar-refractivity contribution in [2.45, 2.75) is 19.3 Å². The summed E-state index contributed by atoms with van der Waals surface area (Å²) in [6.45, 7) is 0. The molecule has 7 heteroatoms. The molecule has 124 valence electrons. The first-order valence-corrected chi connectivity index (χ1v) is 7.94. The third-order valence-electron chi connectivity index (χ3n) is 3.59. The van der Waals surface area contributed by atoms with Crippen LogP contribution in [0.4, 0.5) is 5.82 Å². The molecule has 1 aliphatic heterocycles. The number of hydrogen-bond donors (Lipinski definition) is 1. The Hall–Kier alpha value is -2.60. The minimum absolute atomic E-state index is 0.0213. The molecule has 2 heterocycles. The van der Waals surface area contributed by atoms with Crippen LogP contribution in [-0.2, 0) is 16.1 Å². The van der Waals surface area contributed by atoms with Gasteiger partial charge in [0.25, 0.3) is 0 Å². The fourth-order valence-electron chi connectivity index (χ4n) is 2.26. The Bertz CT molecular complexity index is 744. The van der Waals surface area contributed by atoms with E-state index in [-0.39, 0.29) is 5.91 Å². The Kier molecular flexibility index (Phi) is 4.96. The molecule has 0 saturated heterocycles. The molecule has 0 saturated carbocycles. The molecule has 3 rings (SSSR count). The predicted molar refractivity (Wildman–Crippen MR) is 92.6 cm³/mol. The van der Waals surface area contributed by atoms with Crippen LogP contribution in [0.25, 0.3) is 0 Å². The zero-order valence-electron chi connectivity index (χ0n) is 13.2.